The van der Waals surface area contributed by atoms with Crippen LogP contribution in [0.1, 0.15) is 50.7 Å². The van der Waals surface area contributed by atoms with Crippen molar-refractivity contribution in [1.82, 2.24) is 20.0 Å². The van der Waals surface area contributed by atoms with Crippen LogP contribution < -0.4 is 26.2 Å². The predicted octanol–water partition coefficient (Wildman–Crippen LogP) is 3.71. The number of aromatic amines is 1. The lowest BCUT2D eigenvalue weighted by molar-refractivity contribution is -0.149. The van der Waals surface area contributed by atoms with Crippen molar-refractivity contribution in [3.8, 4) is 16.9 Å². The summed E-state index contributed by atoms with van der Waals surface area (Å²) < 4.78 is 52.8. The van der Waals surface area contributed by atoms with Gasteiger partial charge in [-0.1, -0.05) is 24.3 Å². The summed E-state index contributed by atoms with van der Waals surface area (Å²) in [6.07, 6.45) is -1.91. The Hall–Kier alpha value is -4.10. The maximum atomic E-state index is 15.5. The highest BCUT2D eigenvalue weighted by molar-refractivity contribution is 7.52. The Kier molecular flexibility index (Phi) is 10.4. The molecular formula is C30H36FN4O9P. The minimum absolute atomic E-state index is 0.127. The summed E-state index contributed by atoms with van der Waals surface area (Å²) in [6, 6.07) is 13.4. The zero-order chi connectivity index (χ0) is 32.9. The first kappa shape index (κ1) is 33.8. The van der Waals surface area contributed by atoms with Gasteiger partial charge in [-0.25, -0.2) is 13.8 Å². The smallest absolute Gasteiger partial charge is 0.459 e. The average molecular weight is 647 g/mol. The third kappa shape index (κ3) is 8.54. The van der Waals surface area contributed by atoms with Crippen molar-refractivity contribution in [3.05, 3.63) is 87.2 Å². The monoisotopic (exact) mass is 646 g/mol. The number of amides is 1. The molecule has 15 heteroatoms. The Balaban J connectivity index is 1.53. The molecule has 2 heterocycles. The van der Waals surface area contributed by atoms with Crippen LogP contribution in [0, 0.1) is 0 Å². The van der Waals surface area contributed by atoms with Crippen molar-refractivity contribution in [1.29, 1.82) is 0 Å². The van der Waals surface area contributed by atoms with Crippen molar-refractivity contribution in [2.45, 2.75) is 64.3 Å². The second-order valence-corrected chi connectivity index (χ2v) is 12.7. The van der Waals surface area contributed by atoms with E-state index in [1.807, 2.05) is 6.07 Å². The minimum atomic E-state index is -4.33. The Bertz CT molecular complexity index is 1690. The molecule has 0 radical (unpaired) electrons. The quantitative estimate of drug-likeness (QED) is 0.195. The largest absolute Gasteiger partial charge is 0.462 e. The van der Waals surface area contributed by atoms with E-state index in [1.165, 1.54) is 13.8 Å². The molecule has 45 heavy (non-hydrogen) atoms. The summed E-state index contributed by atoms with van der Waals surface area (Å²) in [7, 11) is -2.79. The van der Waals surface area contributed by atoms with Crippen LogP contribution in [0.25, 0.3) is 11.1 Å². The van der Waals surface area contributed by atoms with Crippen LogP contribution in [0.3, 0.4) is 0 Å². The number of ether oxygens (including phenoxy) is 2. The molecule has 1 aromatic heterocycles. The SMILES string of the molecule is CNC(=O)c1cccc(-c2ccc(OP(=O)(N[C@@H](C)C(=O)OC(C)C)OC[C@@H]3C[C@@](C)(F)[C@H](n4ccc(=O)[nH]c4=O)O3)cc2)c1. The molecule has 0 saturated carbocycles. The van der Waals surface area contributed by atoms with E-state index in [1.54, 1.807) is 63.4 Å². The van der Waals surface area contributed by atoms with E-state index in [2.05, 4.69) is 15.4 Å². The van der Waals surface area contributed by atoms with Gasteiger partial charge < -0.3 is 19.3 Å². The third-order valence-electron chi connectivity index (χ3n) is 6.82. The van der Waals surface area contributed by atoms with Gasteiger partial charge in [0, 0.05) is 31.3 Å². The van der Waals surface area contributed by atoms with Gasteiger partial charge in [-0.3, -0.25) is 28.5 Å². The molecule has 0 bridgehead atoms. The number of H-pyrrole nitrogens is 1. The lowest BCUT2D eigenvalue weighted by atomic mass is 10.0. The van der Waals surface area contributed by atoms with Crippen molar-refractivity contribution < 1.29 is 37.1 Å². The molecule has 3 N–H and O–H groups in total. The van der Waals surface area contributed by atoms with E-state index < -0.39 is 61.7 Å². The van der Waals surface area contributed by atoms with E-state index in [9.17, 15) is 23.7 Å². The number of hydrogen-bond donors (Lipinski definition) is 3. The van der Waals surface area contributed by atoms with E-state index >= 15 is 4.39 Å². The molecule has 13 nitrogen and oxygen atoms in total. The molecule has 1 amide bonds. The number of nitrogens with zero attached hydrogens (tertiary/aromatic N) is 1. The first-order valence-corrected chi connectivity index (χ1v) is 15.7. The molecule has 0 aliphatic carbocycles. The van der Waals surface area contributed by atoms with Crippen molar-refractivity contribution in [2.24, 2.45) is 0 Å². The number of carbonyl (C=O) groups excluding carboxylic acids is 2. The van der Waals surface area contributed by atoms with Crippen LogP contribution in [0.5, 0.6) is 5.75 Å². The van der Waals surface area contributed by atoms with Crippen LogP contribution in [-0.4, -0.2) is 59.0 Å². The number of alkyl halides is 1. The zero-order valence-corrected chi connectivity index (χ0v) is 26.3. The Morgan fingerprint density at radius 1 is 1.13 bits per heavy atom. The summed E-state index contributed by atoms with van der Waals surface area (Å²) in [5.41, 5.74) is -1.56. The molecule has 5 atom stereocenters. The lowest BCUT2D eigenvalue weighted by Gasteiger charge is -2.24. The van der Waals surface area contributed by atoms with Gasteiger partial charge in [-0.2, -0.15) is 5.09 Å². The number of hydrogen-bond acceptors (Lipinski definition) is 9. The fraction of sp³-hybridized carbons (Fsp3) is 0.400. The molecular weight excluding hydrogens is 610 g/mol. The van der Waals surface area contributed by atoms with E-state index in [0.717, 1.165) is 28.0 Å². The van der Waals surface area contributed by atoms with Gasteiger partial charge >= 0.3 is 19.4 Å². The second kappa shape index (κ2) is 13.9. The molecule has 4 rings (SSSR count). The van der Waals surface area contributed by atoms with Gasteiger partial charge in [-0.05, 0) is 63.1 Å². The highest BCUT2D eigenvalue weighted by Crippen LogP contribution is 2.47. The maximum absolute atomic E-state index is 15.5. The molecule has 1 fully saturated rings. The summed E-state index contributed by atoms with van der Waals surface area (Å²) in [5.74, 6) is -0.806. The Morgan fingerprint density at radius 3 is 2.49 bits per heavy atom. The molecule has 3 aromatic rings. The van der Waals surface area contributed by atoms with Gasteiger partial charge in [-0.15, -0.1) is 0 Å². The summed E-state index contributed by atoms with van der Waals surface area (Å²) in [6.45, 7) is 5.56. The van der Waals surface area contributed by atoms with Gasteiger partial charge in [0.05, 0.1) is 18.8 Å². The summed E-state index contributed by atoms with van der Waals surface area (Å²) >= 11 is 0. The van der Waals surface area contributed by atoms with Gasteiger partial charge in [0.2, 0.25) is 0 Å². The molecule has 242 valence electrons. The number of esters is 1. The maximum Gasteiger partial charge on any atom is 0.459 e. The number of benzene rings is 2. The van der Waals surface area contributed by atoms with Crippen molar-refractivity contribution in [2.75, 3.05) is 13.7 Å². The van der Waals surface area contributed by atoms with Crippen LogP contribution in [0.15, 0.2) is 70.4 Å². The summed E-state index contributed by atoms with van der Waals surface area (Å²) in [4.78, 5) is 50.3. The van der Waals surface area contributed by atoms with Crippen LogP contribution in [0.2, 0.25) is 0 Å². The van der Waals surface area contributed by atoms with Crippen LogP contribution in [0.4, 0.5) is 4.39 Å². The van der Waals surface area contributed by atoms with Gasteiger partial charge in [0.25, 0.3) is 11.5 Å². The van der Waals surface area contributed by atoms with Crippen molar-refractivity contribution in [3.63, 3.8) is 0 Å². The average Bonchev–Trinajstić information content (AvgIpc) is 3.29. The molecule has 1 unspecified atom stereocenters. The van der Waals surface area contributed by atoms with E-state index in [-0.39, 0.29) is 18.1 Å². The fourth-order valence-corrected chi connectivity index (χ4v) is 6.23. The molecule has 0 spiro atoms. The van der Waals surface area contributed by atoms with Crippen molar-refractivity contribution >= 4 is 19.6 Å². The third-order valence-corrected chi connectivity index (χ3v) is 8.46. The second-order valence-electron chi connectivity index (χ2n) is 11.0. The molecule has 1 saturated heterocycles. The lowest BCUT2D eigenvalue weighted by Crippen LogP contribution is -2.38. The van der Waals surface area contributed by atoms with Gasteiger partial charge in [0.1, 0.15) is 11.8 Å². The van der Waals surface area contributed by atoms with E-state index in [4.69, 9.17) is 18.5 Å². The Morgan fingerprint density at radius 2 is 1.84 bits per heavy atom. The molecule has 1 aliphatic heterocycles. The number of nitrogens with one attached hydrogen (secondary N) is 3. The predicted molar refractivity (Wildman–Crippen MR) is 163 cm³/mol. The van der Waals surface area contributed by atoms with Crippen LogP contribution >= 0.6 is 7.75 Å². The number of rotatable bonds is 12. The van der Waals surface area contributed by atoms with E-state index in [0.29, 0.717) is 5.56 Å². The normalized spacial score (nSPS) is 21.6. The number of carbonyl (C=O) groups is 2. The number of aromatic nitrogens is 2. The highest BCUT2D eigenvalue weighted by Gasteiger charge is 2.48. The molecule has 2 aromatic carbocycles. The first-order chi connectivity index (χ1) is 21.2. The van der Waals surface area contributed by atoms with Gasteiger partial charge in [0.15, 0.2) is 11.9 Å². The standard InChI is InChI=1S/C30H36FN4O9P/c1-18(2)42-27(38)19(3)34-45(40,41-17-24-16-30(4,31)28(43-24)35-14-13-25(36)33-29(35)39)44-23-11-9-20(10-12-23)21-7-6-8-22(15-21)26(37)32-5/h6-15,18-19,24,28H,16-17H2,1-5H3,(H,32,37)(H,34,40)(H,33,36,39)/t19-,24-,28+,30+,45?/m0/s1. The minimum Gasteiger partial charge on any atom is -0.462 e. The Labute approximate surface area is 258 Å². The first-order valence-electron chi connectivity index (χ1n) is 14.2. The molecule has 1 aliphatic rings. The number of halogens is 1. The fourth-order valence-electron chi connectivity index (χ4n) is 4.71. The highest BCUT2D eigenvalue weighted by atomic mass is 31.2. The van der Waals surface area contributed by atoms with Crippen LogP contribution in [-0.2, 0) is 23.4 Å². The zero-order valence-electron chi connectivity index (χ0n) is 25.4. The topological polar surface area (TPSA) is 167 Å². The summed E-state index contributed by atoms with van der Waals surface area (Å²) in [5, 5.41) is 5.15.